The predicted octanol–water partition coefficient (Wildman–Crippen LogP) is 2.77. The minimum Gasteiger partial charge on any atom is -0.352 e. The molecule has 0 heterocycles. The van der Waals surface area contributed by atoms with E-state index < -0.39 is 11.5 Å². The molecule has 0 aromatic heterocycles. The highest BCUT2D eigenvalue weighted by molar-refractivity contribution is 5.94. The first-order valence-electron chi connectivity index (χ1n) is 7.85. The van der Waals surface area contributed by atoms with Crippen molar-refractivity contribution in [2.75, 3.05) is 0 Å². The fraction of sp³-hybridized carbons (Fsp3) is 0.500. The first kappa shape index (κ1) is 18.7. The lowest BCUT2D eigenvalue weighted by molar-refractivity contribution is -0.128. The third-order valence-electron chi connectivity index (χ3n) is 3.39. The van der Waals surface area contributed by atoms with Crippen LogP contribution in [0.1, 0.15) is 56.5 Å². The molecule has 1 atom stereocenters. The van der Waals surface area contributed by atoms with E-state index in [0.717, 1.165) is 12.0 Å². The Morgan fingerprint density at radius 2 is 1.83 bits per heavy atom. The molecule has 0 saturated carbocycles. The first-order valence-corrected chi connectivity index (χ1v) is 7.85. The minimum absolute atomic E-state index is 0.0178. The molecule has 0 bridgehead atoms. The number of benzene rings is 1. The Labute approximate surface area is 138 Å². The molecule has 0 aliphatic heterocycles. The molecule has 0 radical (unpaired) electrons. The third kappa shape index (κ3) is 6.11. The number of nitrogens with one attached hydrogen (secondary N) is 2. The SMILES string of the molecule is CCC[C@@H](C#N)NC(=O)c1ccc(CNC(=O)C(C)(C)C)cc1. The smallest absolute Gasteiger partial charge is 0.252 e. The molecule has 1 aromatic rings. The van der Waals surface area contributed by atoms with Crippen LogP contribution in [-0.4, -0.2) is 17.9 Å². The molecule has 5 heteroatoms. The van der Waals surface area contributed by atoms with Crippen LogP contribution in [0.25, 0.3) is 0 Å². The van der Waals surface area contributed by atoms with Gasteiger partial charge in [0.25, 0.3) is 5.91 Å². The van der Waals surface area contributed by atoms with Gasteiger partial charge >= 0.3 is 0 Å². The molecule has 23 heavy (non-hydrogen) atoms. The minimum atomic E-state index is -0.460. The van der Waals surface area contributed by atoms with Gasteiger partial charge in [-0.2, -0.15) is 5.26 Å². The van der Waals surface area contributed by atoms with Gasteiger partial charge in [0.05, 0.1) is 6.07 Å². The van der Waals surface area contributed by atoms with E-state index in [2.05, 4.69) is 16.7 Å². The number of amides is 2. The van der Waals surface area contributed by atoms with Crippen molar-refractivity contribution >= 4 is 11.8 Å². The van der Waals surface area contributed by atoms with Crippen molar-refractivity contribution in [2.45, 2.75) is 53.1 Å². The molecule has 124 valence electrons. The van der Waals surface area contributed by atoms with E-state index in [9.17, 15) is 9.59 Å². The lowest BCUT2D eigenvalue weighted by atomic mass is 9.95. The molecule has 2 N–H and O–H groups in total. The lowest BCUT2D eigenvalue weighted by Crippen LogP contribution is -2.34. The lowest BCUT2D eigenvalue weighted by Gasteiger charge is -2.17. The molecule has 1 aromatic carbocycles. The van der Waals surface area contributed by atoms with Crippen LogP contribution in [0.15, 0.2) is 24.3 Å². The van der Waals surface area contributed by atoms with E-state index in [-0.39, 0.29) is 11.8 Å². The zero-order chi connectivity index (χ0) is 17.5. The standard InChI is InChI=1S/C18H25N3O2/c1-5-6-15(11-19)21-16(22)14-9-7-13(8-10-14)12-20-17(23)18(2,3)4/h7-10,15H,5-6,12H2,1-4H3,(H,20,23)(H,21,22)/t15-/m0/s1. The van der Waals surface area contributed by atoms with E-state index in [1.54, 1.807) is 24.3 Å². The van der Waals surface area contributed by atoms with Crippen LogP contribution in [0, 0.1) is 16.7 Å². The first-order chi connectivity index (χ1) is 10.8. The predicted molar refractivity (Wildman–Crippen MR) is 89.5 cm³/mol. The van der Waals surface area contributed by atoms with Gasteiger partial charge in [0.15, 0.2) is 0 Å². The zero-order valence-electron chi connectivity index (χ0n) is 14.3. The molecule has 0 aliphatic rings. The number of hydrogen-bond acceptors (Lipinski definition) is 3. The van der Waals surface area contributed by atoms with E-state index in [4.69, 9.17) is 5.26 Å². The summed E-state index contributed by atoms with van der Waals surface area (Å²) in [6, 6.07) is 8.64. The van der Waals surface area contributed by atoms with Crippen LogP contribution >= 0.6 is 0 Å². The monoisotopic (exact) mass is 315 g/mol. The van der Waals surface area contributed by atoms with Crippen molar-refractivity contribution in [3.63, 3.8) is 0 Å². The molecular weight excluding hydrogens is 290 g/mol. The quantitative estimate of drug-likeness (QED) is 0.847. The van der Waals surface area contributed by atoms with Crippen LogP contribution in [0.2, 0.25) is 0 Å². The van der Waals surface area contributed by atoms with Gasteiger partial charge in [-0.15, -0.1) is 0 Å². The van der Waals surface area contributed by atoms with Crippen molar-refractivity contribution in [1.29, 1.82) is 5.26 Å². The van der Waals surface area contributed by atoms with Gasteiger partial charge in [-0.25, -0.2) is 0 Å². The molecular formula is C18H25N3O2. The average Bonchev–Trinajstić information content (AvgIpc) is 2.51. The maximum atomic E-state index is 12.1. The highest BCUT2D eigenvalue weighted by Crippen LogP contribution is 2.13. The number of carbonyl (C=O) groups excluding carboxylic acids is 2. The van der Waals surface area contributed by atoms with Crippen molar-refractivity contribution in [3.05, 3.63) is 35.4 Å². The van der Waals surface area contributed by atoms with Gasteiger partial charge in [0.2, 0.25) is 5.91 Å². The summed E-state index contributed by atoms with van der Waals surface area (Å²) in [7, 11) is 0. The van der Waals surface area contributed by atoms with Gasteiger partial charge < -0.3 is 10.6 Å². The highest BCUT2D eigenvalue weighted by atomic mass is 16.2. The Bertz CT molecular complexity index is 580. The molecule has 0 fully saturated rings. The van der Waals surface area contributed by atoms with Crippen LogP contribution in [0.3, 0.4) is 0 Å². The molecule has 2 amide bonds. The number of rotatable bonds is 6. The average molecular weight is 315 g/mol. The Hall–Kier alpha value is -2.35. The Kier molecular flexibility index (Phi) is 6.77. The summed E-state index contributed by atoms with van der Waals surface area (Å²) in [5, 5.41) is 14.5. The van der Waals surface area contributed by atoms with E-state index in [1.165, 1.54) is 0 Å². The highest BCUT2D eigenvalue weighted by Gasteiger charge is 2.20. The molecule has 0 spiro atoms. The van der Waals surface area contributed by atoms with Crippen molar-refractivity contribution in [2.24, 2.45) is 5.41 Å². The summed E-state index contributed by atoms with van der Waals surface area (Å²) in [6.07, 6.45) is 1.48. The zero-order valence-corrected chi connectivity index (χ0v) is 14.3. The fourth-order valence-electron chi connectivity index (χ4n) is 1.92. The largest absolute Gasteiger partial charge is 0.352 e. The number of nitriles is 1. The number of nitrogens with zero attached hydrogens (tertiary/aromatic N) is 1. The van der Waals surface area contributed by atoms with Crippen LogP contribution in [-0.2, 0) is 11.3 Å². The van der Waals surface area contributed by atoms with Crippen molar-refractivity contribution in [3.8, 4) is 6.07 Å². The summed E-state index contributed by atoms with van der Waals surface area (Å²) in [5.74, 6) is -0.272. The maximum absolute atomic E-state index is 12.1. The van der Waals surface area contributed by atoms with Gasteiger partial charge in [0.1, 0.15) is 6.04 Å². The van der Waals surface area contributed by atoms with Crippen LogP contribution < -0.4 is 10.6 Å². The normalized spacial score (nSPS) is 12.1. The number of hydrogen-bond donors (Lipinski definition) is 2. The Morgan fingerprint density at radius 1 is 1.22 bits per heavy atom. The van der Waals surface area contributed by atoms with Crippen molar-refractivity contribution < 1.29 is 9.59 Å². The number of carbonyl (C=O) groups is 2. The van der Waals surface area contributed by atoms with Crippen LogP contribution in [0.5, 0.6) is 0 Å². The Morgan fingerprint density at radius 3 is 2.30 bits per heavy atom. The molecule has 1 rings (SSSR count). The second-order valence-electron chi connectivity index (χ2n) is 6.57. The van der Waals surface area contributed by atoms with E-state index in [1.807, 2.05) is 27.7 Å². The Balaban J connectivity index is 2.61. The summed E-state index contributed by atoms with van der Waals surface area (Å²) >= 11 is 0. The van der Waals surface area contributed by atoms with Gasteiger partial charge in [-0.3, -0.25) is 9.59 Å². The molecule has 0 aliphatic carbocycles. The second-order valence-corrected chi connectivity index (χ2v) is 6.57. The van der Waals surface area contributed by atoms with Gasteiger partial charge in [0, 0.05) is 17.5 Å². The fourth-order valence-corrected chi connectivity index (χ4v) is 1.92. The van der Waals surface area contributed by atoms with Crippen LogP contribution in [0.4, 0.5) is 0 Å². The molecule has 0 saturated heterocycles. The second kappa shape index (κ2) is 8.33. The molecule has 5 nitrogen and oxygen atoms in total. The third-order valence-corrected chi connectivity index (χ3v) is 3.39. The summed E-state index contributed by atoms with van der Waals surface area (Å²) < 4.78 is 0. The van der Waals surface area contributed by atoms with Gasteiger partial charge in [-0.1, -0.05) is 46.2 Å². The summed E-state index contributed by atoms with van der Waals surface area (Å²) in [5.41, 5.74) is 1.00. The summed E-state index contributed by atoms with van der Waals surface area (Å²) in [6.45, 7) is 7.97. The van der Waals surface area contributed by atoms with E-state index in [0.29, 0.717) is 18.5 Å². The molecule has 0 unspecified atom stereocenters. The topological polar surface area (TPSA) is 82.0 Å². The van der Waals surface area contributed by atoms with E-state index >= 15 is 0 Å². The summed E-state index contributed by atoms with van der Waals surface area (Å²) in [4.78, 5) is 23.9. The van der Waals surface area contributed by atoms with Gasteiger partial charge in [-0.05, 0) is 24.1 Å². The maximum Gasteiger partial charge on any atom is 0.252 e. The van der Waals surface area contributed by atoms with Crippen molar-refractivity contribution in [1.82, 2.24) is 10.6 Å².